The molecule has 2 rings (SSSR count). The monoisotopic (exact) mass is 207 g/mol. The molecule has 3 heteroatoms. The molecule has 0 radical (unpaired) electrons. The Bertz CT molecular complexity index is 306. The van der Waals surface area contributed by atoms with Crippen molar-refractivity contribution in [2.24, 2.45) is 5.92 Å². The van der Waals surface area contributed by atoms with E-state index in [0.29, 0.717) is 5.88 Å². The Hall–Kier alpha value is -1.09. The first-order chi connectivity index (χ1) is 7.29. The minimum Gasteiger partial charge on any atom is -0.481 e. The van der Waals surface area contributed by atoms with E-state index in [1.54, 1.807) is 19.4 Å². The van der Waals surface area contributed by atoms with Crippen LogP contribution in [0.1, 0.15) is 37.4 Å². The van der Waals surface area contributed by atoms with Crippen LogP contribution in [0.5, 0.6) is 5.88 Å². The van der Waals surface area contributed by atoms with Crippen LogP contribution in [-0.2, 0) is 0 Å². The van der Waals surface area contributed by atoms with Crippen LogP contribution in [-0.4, -0.2) is 17.2 Å². The van der Waals surface area contributed by atoms with Crippen molar-refractivity contribution in [3.05, 3.63) is 23.9 Å². The maximum absolute atomic E-state index is 9.88. The van der Waals surface area contributed by atoms with E-state index in [1.165, 1.54) is 12.8 Å². The van der Waals surface area contributed by atoms with Crippen molar-refractivity contribution < 1.29 is 9.84 Å². The van der Waals surface area contributed by atoms with E-state index in [-0.39, 0.29) is 6.10 Å². The van der Waals surface area contributed by atoms with E-state index in [9.17, 15) is 5.11 Å². The smallest absolute Gasteiger partial charge is 0.212 e. The highest BCUT2D eigenvalue weighted by atomic mass is 16.5. The van der Waals surface area contributed by atoms with Crippen molar-refractivity contribution >= 4 is 0 Å². The van der Waals surface area contributed by atoms with E-state index in [2.05, 4.69) is 4.98 Å². The summed E-state index contributed by atoms with van der Waals surface area (Å²) in [5, 5.41) is 9.88. The van der Waals surface area contributed by atoms with Gasteiger partial charge in [0.2, 0.25) is 5.88 Å². The van der Waals surface area contributed by atoms with Crippen LogP contribution in [0.25, 0.3) is 0 Å². The molecule has 1 unspecified atom stereocenters. The minimum absolute atomic E-state index is 0.371. The second-order valence-corrected chi connectivity index (χ2v) is 4.17. The van der Waals surface area contributed by atoms with Gasteiger partial charge in [-0.2, -0.15) is 0 Å². The molecule has 0 bridgehead atoms. The molecule has 15 heavy (non-hydrogen) atoms. The third-order valence-corrected chi connectivity index (χ3v) is 2.90. The Morgan fingerprint density at radius 1 is 1.53 bits per heavy atom. The molecule has 1 atom stereocenters. The summed E-state index contributed by atoms with van der Waals surface area (Å²) in [6.45, 7) is 0. The van der Waals surface area contributed by atoms with Gasteiger partial charge in [0.15, 0.2) is 0 Å². The maximum Gasteiger partial charge on any atom is 0.212 e. The summed E-state index contributed by atoms with van der Waals surface area (Å²) in [7, 11) is 1.59. The van der Waals surface area contributed by atoms with E-state index in [4.69, 9.17) is 4.74 Å². The molecule has 1 aromatic rings. The van der Waals surface area contributed by atoms with Gasteiger partial charge < -0.3 is 9.84 Å². The molecular weight excluding hydrogens is 190 g/mol. The maximum atomic E-state index is 9.88. The number of methoxy groups -OCH3 is 1. The third kappa shape index (κ3) is 2.93. The lowest BCUT2D eigenvalue weighted by Crippen LogP contribution is -1.99. The number of hydrogen-bond acceptors (Lipinski definition) is 3. The van der Waals surface area contributed by atoms with Crippen molar-refractivity contribution in [3.63, 3.8) is 0 Å². The molecular formula is C12H17NO2. The molecule has 3 nitrogen and oxygen atoms in total. The molecule has 1 aliphatic carbocycles. The summed E-state index contributed by atoms with van der Waals surface area (Å²) < 4.78 is 4.96. The first-order valence-electron chi connectivity index (χ1n) is 5.47. The lowest BCUT2D eigenvalue weighted by atomic mass is 10.1. The van der Waals surface area contributed by atoms with Gasteiger partial charge in [0, 0.05) is 12.3 Å². The number of hydrogen-bond donors (Lipinski definition) is 1. The zero-order chi connectivity index (χ0) is 10.7. The van der Waals surface area contributed by atoms with Gasteiger partial charge in [0.05, 0.1) is 13.2 Å². The molecule has 1 saturated carbocycles. The summed E-state index contributed by atoms with van der Waals surface area (Å²) >= 11 is 0. The zero-order valence-corrected chi connectivity index (χ0v) is 9.02. The number of aromatic nitrogens is 1. The normalized spacial score (nSPS) is 17.5. The van der Waals surface area contributed by atoms with E-state index in [0.717, 1.165) is 24.3 Å². The van der Waals surface area contributed by atoms with Gasteiger partial charge >= 0.3 is 0 Å². The Morgan fingerprint density at radius 2 is 2.33 bits per heavy atom. The van der Waals surface area contributed by atoms with E-state index >= 15 is 0 Å². The fourth-order valence-corrected chi connectivity index (χ4v) is 1.68. The predicted octanol–water partition coefficient (Wildman–Crippen LogP) is 2.31. The van der Waals surface area contributed by atoms with Crippen molar-refractivity contribution in [2.75, 3.05) is 7.11 Å². The third-order valence-electron chi connectivity index (χ3n) is 2.90. The quantitative estimate of drug-likeness (QED) is 0.805. The number of nitrogens with zero attached hydrogens (tertiary/aromatic N) is 1. The van der Waals surface area contributed by atoms with Crippen molar-refractivity contribution in [2.45, 2.75) is 31.8 Å². The minimum atomic E-state index is -0.371. The van der Waals surface area contributed by atoms with Crippen LogP contribution in [0.2, 0.25) is 0 Å². The second-order valence-electron chi connectivity index (χ2n) is 4.17. The Morgan fingerprint density at radius 3 is 2.87 bits per heavy atom. The lowest BCUT2D eigenvalue weighted by molar-refractivity contribution is 0.162. The van der Waals surface area contributed by atoms with Crippen LogP contribution >= 0.6 is 0 Å². The van der Waals surface area contributed by atoms with Gasteiger partial charge in [-0.1, -0.05) is 12.8 Å². The van der Waals surface area contributed by atoms with Crippen LogP contribution < -0.4 is 4.74 Å². The molecule has 0 amide bonds. The standard InChI is InChI=1S/C12H17NO2/c1-15-12-7-5-10(8-13-12)11(14)6-4-9-2-3-9/h5,7-9,11,14H,2-4,6H2,1H3. The van der Waals surface area contributed by atoms with Gasteiger partial charge in [0.25, 0.3) is 0 Å². The topological polar surface area (TPSA) is 42.4 Å². The van der Waals surface area contributed by atoms with Crippen LogP contribution in [0.4, 0.5) is 0 Å². The molecule has 0 spiro atoms. The van der Waals surface area contributed by atoms with Gasteiger partial charge in [-0.05, 0) is 30.4 Å². The van der Waals surface area contributed by atoms with Crippen molar-refractivity contribution in [3.8, 4) is 5.88 Å². The molecule has 1 fully saturated rings. The van der Waals surface area contributed by atoms with E-state index < -0.39 is 0 Å². The molecule has 0 aromatic carbocycles. The average molecular weight is 207 g/mol. The molecule has 1 N–H and O–H groups in total. The van der Waals surface area contributed by atoms with E-state index in [1.807, 2.05) is 6.07 Å². The Balaban J connectivity index is 1.88. The lowest BCUT2D eigenvalue weighted by Gasteiger charge is -2.10. The second kappa shape index (κ2) is 4.62. The van der Waals surface area contributed by atoms with Gasteiger partial charge in [-0.25, -0.2) is 4.98 Å². The zero-order valence-electron chi connectivity index (χ0n) is 9.02. The number of rotatable bonds is 5. The van der Waals surface area contributed by atoms with Gasteiger partial charge in [0.1, 0.15) is 0 Å². The number of aliphatic hydroxyl groups is 1. The largest absolute Gasteiger partial charge is 0.481 e. The predicted molar refractivity (Wildman–Crippen MR) is 57.7 cm³/mol. The first kappa shape index (κ1) is 10.4. The highest BCUT2D eigenvalue weighted by Gasteiger charge is 2.22. The van der Waals surface area contributed by atoms with Crippen LogP contribution in [0.3, 0.4) is 0 Å². The molecule has 0 aliphatic heterocycles. The van der Waals surface area contributed by atoms with Crippen molar-refractivity contribution in [1.29, 1.82) is 0 Å². The summed E-state index contributed by atoms with van der Waals surface area (Å²) in [4.78, 5) is 4.08. The highest BCUT2D eigenvalue weighted by Crippen LogP contribution is 2.35. The molecule has 1 heterocycles. The average Bonchev–Trinajstić information content (AvgIpc) is 3.10. The fraction of sp³-hybridized carbons (Fsp3) is 0.583. The Kier molecular flexibility index (Phi) is 3.21. The number of pyridine rings is 1. The molecule has 0 saturated heterocycles. The molecule has 1 aromatic heterocycles. The van der Waals surface area contributed by atoms with Gasteiger partial charge in [-0.3, -0.25) is 0 Å². The van der Waals surface area contributed by atoms with Crippen LogP contribution in [0.15, 0.2) is 18.3 Å². The van der Waals surface area contributed by atoms with Crippen molar-refractivity contribution in [1.82, 2.24) is 4.98 Å². The SMILES string of the molecule is COc1ccc(C(O)CCC2CC2)cn1. The first-order valence-corrected chi connectivity index (χ1v) is 5.47. The summed E-state index contributed by atoms with van der Waals surface area (Å²) in [5.41, 5.74) is 0.886. The highest BCUT2D eigenvalue weighted by molar-refractivity contribution is 5.19. The summed E-state index contributed by atoms with van der Waals surface area (Å²) in [6.07, 6.45) is 5.98. The number of aliphatic hydroxyl groups excluding tert-OH is 1. The van der Waals surface area contributed by atoms with Crippen LogP contribution in [0, 0.1) is 5.92 Å². The molecule has 1 aliphatic rings. The fourth-order valence-electron chi connectivity index (χ4n) is 1.68. The van der Waals surface area contributed by atoms with Gasteiger partial charge in [-0.15, -0.1) is 0 Å². The summed E-state index contributed by atoms with van der Waals surface area (Å²) in [5.74, 6) is 1.46. The Labute approximate surface area is 90.1 Å². The summed E-state index contributed by atoms with van der Waals surface area (Å²) in [6, 6.07) is 3.67. The number of ether oxygens (including phenoxy) is 1. The molecule has 82 valence electrons.